The largest absolute Gasteiger partial charge is 0.418 e. The fourth-order valence-corrected chi connectivity index (χ4v) is 2.98. The van der Waals surface area contributed by atoms with Crippen LogP contribution < -0.4 is 5.73 Å². The molecule has 0 aromatic rings. The van der Waals surface area contributed by atoms with Crippen LogP contribution in [0, 0.1) is 5.41 Å². The monoisotopic (exact) mass is 293 g/mol. The zero-order valence-corrected chi connectivity index (χ0v) is 11.3. The summed E-state index contributed by atoms with van der Waals surface area (Å²) in [6.07, 6.45) is 0.296. The third kappa shape index (κ3) is 2.38. The van der Waals surface area contributed by atoms with E-state index in [4.69, 9.17) is 10.3 Å². The molecule has 2 heterocycles. The lowest BCUT2D eigenvalue weighted by Gasteiger charge is -2.40. The molecule has 0 aromatic heterocycles. The van der Waals surface area contributed by atoms with Crippen molar-refractivity contribution in [2.75, 3.05) is 6.54 Å². The molecular formula is C9H15N3O6S. The number of carbonyl (C=O) groups is 2. The predicted molar refractivity (Wildman–Crippen MR) is 61.7 cm³/mol. The molecule has 2 atom stereocenters. The van der Waals surface area contributed by atoms with Gasteiger partial charge in [-0.15, -0.1) is 4.28 Å². The third-order valence-corrected chi connectivity index (χ3v) is 3.94. The summed E-state index contributed by atoms with van der Waals surface area (Å²) >= 11 is 0. The summed E-state index contributed by atoms with van der Waals surface area (Å²) < 4.78 is 34.6. The van der Waals surface area contributed by atoms with Crippen molar-refractivity contribution in [3.63, 3.8) is 0 Å². The first-order chi connectivity index (χ1) is 8.53. The van der Waals surface area contributed by atoms with Crippen LogP contribution in [0.2, 0.25) is 0 Å². The van der Waals surface area contributed by atoms with E-state index in [0.717, 1.165) is 4.90 Å². The molecule has 2 bridgehead atoms. The molecule has 0 aromatic carbocycles. The SMILES string of the molecule is CC1(C)C[C@@H](C(N)=O)N2C[C@@H]1N(OS(=O)(=O)O)C2=O. The molecule has 2 fully saturated rings. The highest BCUT2D eigenvalue weighted by Gasteiger charge is 2.56. The fourth-order valence-electron chi connectivity index (χ4n) is 2.61. The number of fused-ring (bicyclic) bond motifs is 2. The summed E-state index contributed by atoms with van der Waals surface area (Å²) in [5.74, 6) is -0.659. The minimum Gasteiger partial charge on any atom is -0.368 e. The Morgan fingerprint density at radius 1 is 1.53 bits per heavy atom. The molecule has 2 saturated heterocycles. The number of urea groups is 1. The number of piperidine rings is 1. The van der Waals surface area contributed by atoms with Crippen LogP contribution in [0.3, 0.4) is 0 Å². The normalized spacial score (nSPS) is 29.7. The first kappa shape index (κ1) is 14.0. The minimum absolute atomic E-state index is 0.120. The van der Waals surface area contributed by atoms with Crippen molar-refractivity contribution in [1.82, 2.24) is 9.96 Å². The lowest BCUT2D eigenvalue weighted by Crippen LogP contribution is -2.53. The Bertz CT molecular complexity index is 530. The first-order valence-corrected chi connectivity index (χ1v) is 6.95. The van der Waals surface area contributed by atoms with Gasteiger partial charge in [0, 0.05) is 6.54 Å². The van der Waals surface area contributed by atoms with E-state index in [1.807, 2.05) is 0 Å². The molecule has 0 spiro atoms. The van der Waals surface area contributed by atoms with Crippen LogP contribution in [-0.2, 0) is 19.5 Å². The maximum absolute atomic E-state index is 12.0. The van der Waals surface area contributed by atoms with E-state index in [-0.39, 0.29) is 6.54 Å². The fraction of sp³-hybridized carbons (Fsp3) is 0.778. The van der Waals surface area contributed by atoms with E-state index in [1.54, 1.807) is 13.8 Å². The van der Waals surface area contributed by atoms with Gasteiger partial charge in [-0.3, -0.25) is 9.35 Å². The van der Waals surface area contributed by atoms with E-state index in [9.17, 15) is 18.0 Å². The van der Waals surface area contributed by atoms with Crippen molar-refractivity contribution in [2.24, 2.45) is 11.1 Å². The van der Waals surface area contributed by atoms with Crippen LogP contribution in [0.5, 0.6) is 0 Å². The van der Waals surface area contributed by atoms with Crippen LogP contribution in [0.4, 0.5) is 4.79 Å². The zero-order chi connectivity index (χ0) is 14.6. The van der Waals surface area contributed by atoms with Crippen LogP contribution in [0.15, 0.2) is 0 Å². The molecule has 0 unspecified atom stereocenters. The topological polar surface area (TPSA) is 130 Å². The Labute approximate surface area is 110 Å². The molecule has 3 N–H and O–H groups in total. The molecule has 2 aliphatic heterocycles. The summed E-state index contributed by atoms with van der Waals surface area (Å²) in [5, 5.41) is 0.596. The highest BCUT2D eigenvalue weighted by Crippen LogP contribution is 2.42. The van der Waals surface area contributed by atoms with E-state index in [0.29, 0.717) is 11.5 Å². The van der Waals surface area contributed by atoms with E-state index in [1.165, 1.54) is 0 Å². The van der Waals surface area contributed by atoms with Gasteiger partial charge in [-0.05, 0) is 11.8 Å². The van der Waals surface area contributed by atoms with Crippen LogP contribution in [0.25, 0.3) is 0 Å². The highest BCUT2D eigenvalue weighted by atomic mass is 32.3. The Balaban J connectivity index is 2.36. The van der Waals surface area contributed by atoms with Gasteiger partial charge in [0.15, 0.2) is 0 Å². The van der Waals surface area contributed by atoms with E-state index in [2.05, 4.69) is 4.28 Å². The molecule has 9 nitrogen and oxygen atoms in total. The minimum atomic E-state index is -4.80. The third-order valence-electron chi connectivity index (χ3n) is 3.59. The van der Waals surface area contributed by atoms with Gasteiger partial charge in [0.25, 0.3) is 0 Å². The number of primary amides is 1. The van der Waals surface area contributed by atoms with Gasteiger partial charge < -0.3 is 10.6 Å². The number of carbonyl (C=O) groups excluding carboxylic acids is 2. The van der Waals surface area contributed by atoms with Gasteiger partial charge in [0.1, 0.15) is 6.04 Å². The average Bonchev–Trinajstić information content (AvgIpc) is 2.48. The van der Waals surface area contributed by atoms with Gasteiger partial charge in [0.2, 0.25) is 5.91 Å². The molecule has 19 heavy (non-hydrogen) atoms. The molecule has 0 saturated carbocycles. The van der Waals surface area contributed by atoms with Crippen molar-refractivity contribution in [2.45, 2.75) is 32.4 Å². The quantitative estimate of drug-likeness (QED) is 0.649. The number of nitrogens with zero attached hydrogens (tertiary/aromatic N) is 2. The van der Waals surface area contributed by atoms with Crippen LogP contribution >= 0.6 is 0 Å². The van der Waals surface area contributed by atoms with Gasteiger partial charge in [-0.25, -0.2) is 4.79 Å². The van der Waals surface area contributed by atoms with Crippen molar-refractivity contribution in [3.8, 4) is 0 Å². The zero-order valence-electron chi connectivity index (χ0n) is 10.4. The number of hydroxylamine groups is 2. The molecule has 0 radical (unpaired) electrons. The summed E-state index contributed by atoms with van der Waals surface area (Å²) in [7, 11) is -4.80. The predicted octanol–water partition coefficient (Wildman–Crippen LogP) is -0.889. The second-order valence-corrected chi connectivity index (χ2v) is 6.39. The van der Waals surface area contributed by atoms with Gasteiger partial charge >= 0.3 is 16.4 Å². The number of hydrogen-bond acceptors (Lipinski definition) is 5. The van der Waals surface area contributed by atoms with Gasteiger partial charge in [-0.1, -0.05) is 13.8 Å². The van der Waals surface area contributed by atoms with E-state index >= 15 is 0 Å². The molecule has 108 valence electrons. The van der Waals surface area contributed by atoms with Crippen molar-refractivity contribution in [3.05, 3.63) is 0 Å². The van der Waals surface area contributed by atoms with E-state index < -0.39 is 39.8 Å². The molecule has 10 heteroatoms. The summed E-state index contributed by atoms with van der Waals surface area (Å²) in [5.41, 5.74) is 4.67. The van der Waals surface area contributed by atoms with Crippen molar-refractivity contribution < 1.29 is 26.8 Å². The number of hydrogen-bond donors (Lipinski definition) is 2. The summed E-state index contributed by atoms with van der Waals surface area (Å²) in [4.78, 5) is 24.5. The second kappa shape index (κ2) is 4.05. The lowest BCUT2D eigenvalue weighted by atomic mass is 9.76. The molecule has 2 aliphatic rings. The van der Waals surface area contributed by atoms with Crippen LogP contribution in [-0.4, -0.2) is 53.5 Å². The Kier molecular flexibility index (Phi) is 2.99. The highest BCUT2D eigenvalue weighted by molar-refractivity contribution is 7.80. The molecule has 0 aliphatic carbocycles. The average molecular weight is 293 g/mol. The molecule has 3 amide bonds. The lowest BCUT2D eigenvalue weighted by molar-refractivity contribution is -0.125. The molecule has 2 rings (SSSR count). The molecular weight excluding hydrogens is 278 g/mol. The number of nitrogens with two attached hydrogens (primary N) is 1. The Morgan fingerprint density at radius 2 is 2.11 bits per heavy atom. The smallest absolute Gasteiger partial charge is 0.368 e. The summed E-state index contributed by atoms with van der Waals surface area (Å²) in [6, 6.07) is -2.19. The summed E-state index contributed by atoms with van der Waals surface area (Å²) in [6.45, 7) is 3.66. The van der Waals surface area contributed by atoms with Gasteiger partial charge in [-0.2, -0.15) is 13.5 Å². The first-order valence-electron chi connectivity index (χ1n) is 5.59. The van der Waals surface area contributed by atoms with Gasteiger partial charge in [0.05, 0.1) is 6.04 Å². The Hall–Kier alpha value is -1.39. The maximum Gasteiger partial charge on any atom is 0.418 e. The second-order valence-electron chi connectivity index (χ2n) is 5.39. The Morgan fingerprint density at radius 3 is 2.58 bits per heavy atom. The standard InChI is InChI=1S/C9H15N3O6S/c1-9(2)3-5(7(10)13)11-4-6(9)12(8(11)14)18-19(15,16)17/h5-6H,3-4H2,1-2H3,(H2,10,13)(H,15,16,17)/t5-,6-/m0/s1. The van der Waals surface area contributed by atoms with Crippen LogP contribution in [0.1, 0.15) is 20.3 Å². The van der Waals surface area contributed by atoms with Crippen molar-refractivity contribution >= 4 is 22.3 Å². The van der Waals surface area contributed by atoms with Crippen molar-refractivity contribution in [1.29, 1.82) is 0 Å². The number of amides is 3. The number of rotatable bonds is 3. The maximum atomic E-state index is 12.0.